The molecule has 6 nitrogen and oxygen atoms in total. The molecule has 72 heavy (non-hydrogen) atoms. The molecule has 0 aromatic heterocycles. The zero-order chi connectivity index (χ0) is 52.2. The molecule has 1 atom stereocenters. The fraction of sp³-hybridized carbons (Fsp3) is 0.773. The van der Waals surface area contributed by atoms with Gasteiger partial charge in [0.2, 0.25) is 0 Å². The smallest absolute Gasteiger partial charge is 0.306 e. The molecule has 0 bridgehead atoms. The second kappa shape index (κ2) is 60.4. The van der Waals surface area contributed by atoms with E-state index in [9.17, 15) is 14.4 Å². The van der Waals surface area contributed by atoms with Crippen molar-refractivity contribution in [3.05, 3.63) is 72.9 Å². The summed E-state index contributed by atoms with van der Waals surface area (Å²) in [6.45, 7) is 6.51. The lowest BCUT2D eigenvalue weighted by Gasteiger charge is -2.18. The van der Waals surface area contributed by atoms with Crippen LogP contribution in [0.2, 0.25) is 0 Å². The summed E-state index contributed by atoms with van der Waals surface area (Å²) in [6.07, 6.45) is 77.6. The van der Waals surface area contributed by atoms with Crippen LogP contribution in [-0.4, -0.2) is 37.2 Å². The van der Waals surface area contributed by atoms with E-state index in [2.05, 4.69) is 93.7 Å². The molecule has 0 saturated heterocycles. The lowest BCUT2D eigenvalue weighted by molar-refractivity contribution is -0.167. The first-order chi connectivity index (χ1) is 35.5. The second-order valence-corrected chi connectivity index (χ2v) is 20.6. The van der Waals surface area contributed by atoms with Crippen molar-refractivity contribution < 1.29 is 28.6 Å². The molecular weight excluding hydrogens is 889 g/mol. The molecule has 0 rings (SSSR count). The molecule has 0 fully saturated rings. The molecule has 0 N–H and O–H groups in total. The van der Waals surface area contributed by atoms with Gasteiger partial charge in [-0.2, -0.15) is 0 Å². The summed E-state index contributed by atoms with van der Waals surface area (Å²) in [5, 5.41) is 0. The number of rotatable bonds is 56. The van der Waals surface area contributed by atoms with Gasteiger partial charge in [-0.25, -0.2) is 0 Å². The van der Waals surface area contributed by atoms with Crippen molar-refractivity contribution in [2.24, 2.45) is 0 Å². The maximum atomic E-state index is 12.9. The zero-order valence-corrected chi connectivity index (χ0v) is 47.7. The number of unbranched alkanes of at least 4 members (excludes halogenated alkanes) is 33. The SMILES string of the molecule is CC/C=C\C/C=C\C/C=C\C/C=C\CCCCC(=O)OCC(COC(=O)CCCCCCCCCCC/C=C\CCCCCCCCCC)OC(=O)CCCCCCCCC/C=C\CCCCCCCCC. The van der Waals surface area contributed by atoms with Crippen LogP contribution in [0.3, 0.4) is 0 Å². The minimum Gasteiger partial charge on any atom is -0.462 e. The van der Waals surface area contributed by atoms with Crippen LogP contribution < -0.4 is 0 Å². The lowest BCUT2D eigenvalue weighted by Crippen LogP contribution is -2.30. The third-order valence-corrected chi connectivity index (χ3v) is 13.4. The van der Waals surface area contributed by atoms with Crippen LogP contribution in [0, 0.1) is 0 Å². The minimum atomic E-state index is -0.796. The van der Waals surface area contributed by atoms with Crippen molar-refractivity contribution in [2.45, 2.75) is 316 Å². The Morgan fingerprint density at radius 3 is 0.889 bits per heavy atom. The lowest BCUT2D eigenvalue weighted by atomic mass is 10.1. The summed E-state index contributed by atoms with van der Waals surface area (Å²) in [4.78, 5) is 38.2. The topological polar surface area (TPSA) is 78.9 Å². The molecule has 0 saturated carbocycles. The number of allylic oxidation sites excluding steroid dienone is 12. The summed E-state index contributed by atoms with van der Waals surface area (Å²) in [7, 11) is 0. The summed E-state index contributed by atoms with van der Waals surface area (Å²) in [5.41, 5.74) is 0. The van der Waals surface area contributed by atoms with Crippen molar-refractivity contribution in [1.82, 2.24) is 0 Å². The van der Waals surface area contributed by atoms with Gasteiger partial charge in [0.25, 0.3) is 0 Å². The summed E-state index contributed by atoms with van der Waals surface area (Å²) in [6, 6.07) is 0. The minimum absolute atomic E-state index is 0.0902. The Labute approximate surface area is 446 Å². The van der Waals surface area contributed by atoms with Crippen molar-refractivity contribution in [2.75, 3.05) is 13.2 Å². The van der Waals surface area contributed by atoms with Crippen molar-refractivity contribution in [1.29, 1.82) is 0 Å². The van der Waals surface area contributed by atoms with Crippen molar-refractivity contribution in [3.63, 3.8) is 0 Å². The van der Waals surface area contributed by atoms with Gasteiger partial charge in [-0.15, -0.1) is 0 Å². The fourth-order valence-corrected chi connectivity index (χ4v) is 8.78. The highest BCUT2D eigenvalue weighted by molar-refractivity contribution is 5.71. The van der Waals surface area contributed by atoms with Crippen LogP contribution in [0.25, 0.3) is 0 Å². The first-order valence-electron chi connectivity index (χ1n) is 30.9. The Bertz CT molecular complexity index is 1340. The molecule has 0 amide bonds. The maximum Gasteiger partial charge on any atom is 0.306 e. The van der Waals surface area contributed by atoms with Gasteiger partial charge in [0.05, 0.1) is 0 Å². The largest absolute Gasteiger partial charge is 0.462 e. The van der Waals surface area contributed by atoms with Crippen LogP contribution in [0.5, 0.6) is 0 Å². The molecule has 0 aromatic rings. The van der Waals surface area contributed by atoms with Crippen LogP contribution in [0.1, 0.15) is 310 Å². The average Bonchev–Trinajstić information content (AvgIpc) is 3.38. The highest BCUT2D eigenvalue weighted by atomic mass is 16.6. The first kappa shape index (κ1) is 68.8. The predicted octanol–water partition coefficient (Wildman–Crippen LogP) is 20.9. The van der Waals surface area contributed by atoms with Gasteiger partial charge in [-0.05, 0) is 109 Å². The van der Waals surface area contributed by atoms with Crippen LogP contribution in [0.4, 0.5) is 0 Å². The Hall–Kier alpha value is -3.15. The molecule has 1 unspecified atom stereocenters. The van der Waals surface area contributed by atoms with Crippen LogP contribution in [-0.2, 0) is 28.6 Å². The molecule has 416 valence electrons. The molecular formula is C66H116O6. The third-order valence-electron chi connectivity index (χ3n) is 13.4. The number of esters is 3. The number of hydrogen-bond donors (Lipinski definition) is 0. The highest BCUT2D eigenvalue weighted by Crippen LogP contribution is 2.16. The Morgan fingerprint density at radius 1 is 0.292 bits per heavy atom. The highest BCUT2D eigenvalue weighted by Gasteiger charge is 2.19. The molecule has 0 spiro atoms. The van der Waals surface area contributed by atoms with Gasteiger partial charge in [-0.3, -0.25) is 14.4 Å². The van der Waals surface area contributed by atoms with Gasteiger partial charge in [0.1, 0.15) is 13.2 Å². The number of hydrogen-bond acceptors (Lipinski definition) is 6. The Balaban J connectivity index is 4.39. The first-order valence-corrected chi connectivity index (χ1v) is 30.9. The van der Waals surface area contributed by atoms with Gasteiger partial charge in [0, 0.05) is 19.3 Å². The quantitative estimate of drug-likeness (QED) is 0.0261. The second-order valence-electron chi connectivity index (χ2n) is 20.6. The van der Waals surface area contributed by atoms with Crippen LogP contribution in [0.15, 0.2) is 72.9 Å². The van der Waals surface area contributed by atoms with Gasteiger partial charge in [0.15, 0.2) is 6.10 Å². The maximum absolute atomic E-state index is 12.9. The third kappa shape index (κ3) is 57.7. The normalized spacial score (nSPS) is 12.5. The molecule has 0 aliphatic rings. The van der Waals surface area contributed by atoms with E-state index in [0.29, 0.717) is 19.3 Å². The summed E-state index contributed by atoms with van der Waals surface area (Å²) >= 11 is 0. The molecule has 0 aliphatic heterocycles. The molecule has 6 heteroatoms. The molecule has 0 heterocycles. The number of carbonyl (C=O) groups is 3. The van der Waals surface area contributed by atoms with E-state index >= 15 is 0 Å². The van der Waals surface area contributed by atoms with E-state index in [1.807, 2.05) is 0 Å². The summed E-state index contributed by atoms with van der Waals surface area (Å²) < 4.78 is 16.9. The Kier molecular flexibility index (Phi) is 57.8. The van der Waals surface area contributed by atoms with E-state index in [1.165, 1.54) is 186 Å². The average molecular weight is 1010 g/mol. The van der Waals surface area contributed by atoms with Crippen LogP contribution >= 0.6 is 0 Å². The van der Waals surface area contributed by atoms with E-state index in [-0.39, 0.29) is 31.1 Å². The molecule has 0 aliphatic carbocycles. The predicted molar refractivity (Wildman–Crippen MR) is 311 cm³/mol. The number of ether oxygens (including phenoxy) is 3. The van der Waals surface area contributed by atoms with Gasteiger partial charge >= 0.3 is 17.9 Å². The Morgan fingerprint density at radius 2 is 0.542 bits per heavy atom. The van der Waals surface area contributed by atoms with Crippen molar-refractivity contribution >= 4 is 17.9 Å². The molecule has 0 aromatic carbocycles. The summed E-state index contributed by atoms with van der Waals surface area (Å²) in [5.74, 6) is -0.928. The van der Waals surface area contributed by atoms with Crippen molar-refractivity contribution in [3.8, 4) is 0 Å². The zero-order valence-electron chi connectivity index (χ0n) is 47.7. The van der Waals surface area contributed by atoms with E-state index in [1.54, 1.807) is 0 Å². The monoisotopic (exact) mass is 1000 g/mol. The fourth-order valence-electron chi connectivity index (χ4n) is 8.78. The van der Waals surface area contributed by atoms with E-state index in [4.69, 9.17) is 14.2 Å². The van der Waals surface area contributed by atoms with Gasteiger partial charge in [-0.1, -0.05) is 254 Å². The van der Waals surface area contributed by atoms with E-state index < -0.39 is 6.10 Å². The van der Waals surface area contributed by atoms with E-state index in [0.717, 1.165) is 83.5 Å². The standard InChI is InChI=1S/C66H116O6/c1-4-7-10-13-16-19-22-25-28-30-32-33-34-36-38-41-44-47-50-53-56-59-65(68)71-62-63(61-70-64(67)58-55-52-49-46-43-40-37-27-24-21-18-15-12-9-6-3)72-66(69)60-57-54-51-48-45-42-39-35-31-29-26-23-20-17-14-11-8-5-2/h9,12,18,21,27,29-32,37,43,46,63H,4-8,10-11,13-17,19-20,22-26,28,33-36,38-42,44-45,47-62H2,1-3H3/b12-9-,21-18-,31-29-,32-30-,37-27-,46-43-. The number of carbonyl (C=O) groups excluding carboxylic acids is 3. The van der Waals surface area contributed by atoms with Gasteiger partial charge < -0.3 is 14.2 Å². The molecule has 0 radical (unpaired) electrons.